The first-order valence-electron chi connectivity index (χ1n) is 13.4. The van der Waals surface area contributed by atoms with E-state index in [1.165, 1.54) is 0 Å². The predicted molar refractivity (Wildman–Crippen MR) is 167 cm³/mol. The number of aliphatic carboxylic acids is 1. The van der Waals surface area contributed by atoms with E-state index in [0.29, 0.717) is 15.6 Å². The third-order valence-electron chi connectivity index (χ3n) is 7.25. The number of carbonyl (C=O) groups is 2. The van der Waals surface area contributed by atoms with Gasteiger partial charge in [0.1, 0.15) is 5.75 Å². The molecule has 0 bridgehead atoms. The first-order valence-corrected chi connectivity index (χ1v) is 14.1. The van der Waals surface area contributed by atoms with Gasteiger partial charge in [0.2, 0.25) is 0 Å². The van der Waals surface area contributed by atoms with Crippen molar-refractivity contribution < 1.29 is 19.4 Å². The van der Waals surface area contributed by atoms with Gasteiger partial charge in [-0.25, -0.2) is 0 Å². The Morgan fingerprint density at radius 2 is 1.60 bits per heavy atom. The Hall–Kier alpha value is -4.33. The van der Waals surface area contributed by atoms with Crippen LogP contribution in [0.15, 0.2) is 78.9 Å². The molecule has 9 heteroatoms. The maximum Gasteiger partial charge on any atom is 0.305 e. The average molecular weight is 603 g/mol. The van der Waals surface area contributed by atoms with Gasteiger partial charge >= 0.3 is 5.97 Å². The smallest absolute Gasteiger partial charge is 0.305 e. The number of nitrogens with one attached hydrogen (secondary N) is 1. The van der Waals surface area contributed by atoms with E-state index in [9.17, 15) is 9.59 Å². The number of aromatic nitrogens is 2. The van der Waals surface area contributed by atoms with E-state index < -0.39 is 5.97 Å². The summed E-state index contributed by atoms with van der Waals surface area (Å²) in [6.07, 6.45) is -0.134. The minimum Gasteiger partial charge on any atom is -0.497 e. The molecule has 0 aliphatic carbocycles. The summed E-state index contributed by atoms with van der Waals surface area (Å²) in [5.74, 6) is -0.487. The van der Waals surface area contributed by atoms with Crippen LogP contribution < -0.4 is 10.1 Å². The van der Waals surface area contributed by atoms with E-state index >= 15 is 0 Å². The lowest BCUT2D eigenvalue weighted by atomic mass is 9.99. The van der Waals surface area contributed by atoms with Crippen molar-refractivity contribution in [3.05, 3.63) is 106 Å². The summed E-state index contributed by atoms with van der Waals surface area (Å²) in [5, 5.41) is 19.7. The quantitative estimate of drug-likeness (QED) is 0.180. The lowest BCUT2D eigenvalue weighted by molar-refractivity contribution is -0.136. The third kappa shape index (κ3) is 6.12. The number of carboxylic acid groups (broad SMARTS) is 1. The Balaban J connectivity index is 1.57. The molecule has 0 aliphatic heterocycles. The predicted octanol–water partition coefficient (Wildman–Crippen LogP) is 7.81. The fraction of sp³-hybridized carbons (Fsp3) is 0.182. The molecule has 2 N–H and O–H groups in total. The first-order chi connectivity index (χ1) is 20.1. The number of fused-ring (bicyclic) bond motifs is 1. The van der Waals surface area contributed by atoms with Crippen LogP contribution in [0.1, 0.15) is 40.9 Å². The van der Waals surface area contributed by atoms with Crippen molar-refractivity contribution in [2.24, 2.45) is 0 Å². The molecule has 0 radical (unpaired) electrons. The summed E-state index contributed by atoms with van der Waals surface area (Å²) in [5.41, 5.74) is 5.90. The van der Waals surface area contributed by atoms with Crippen molar-refractivity contribution in [3.8, 4) is 28.3 Å². The molecular weight excluding hydrogens is 573 g/mol. The second-order valence-electron chi connectivity index (χ2n) is 10.1. The second kappa shape index (κ2) is 12.3. The SMILES string of the molecule is COc1ccc2cc(-c3c(C)c(-c4cc(Cl)cc(Cl)c4)nn3C(C)c3ccc(C(=O)NCCC(=O)O)cc3)ccc2c1. The fourth-order valence-corrected chi connectivity index (χ4v) is 5.57. The van der Waals surface area contributed by atoms with E-state index in [1.54, 1.807) is 25.3 Å². The lowest BCUT2D eigenvalue weighted by Crippen LogP contribution is -2.26. The van der Waals surface area contributed by atoms with Gasteiger partial charge in [-0.2, -0.15) is 5.10 Å². The topological polar surface area (TPSA) is 93.5 Å². The molecule has 0 saturated carbocycles. The van der Waals surface area contributed by atoms with Gasteiger partial charge in [0.05, 0.1) is 31.0 Å². The van der Waals surface area contributed by atoms with Gasteiger partial charge in [0.15, 0.2) is 0 Å². The average Bonchev–Trinajstić information content (AvgIpc) is 3.32. The van der Waals surface area contributed by atoms with Crippen LogP contribution in [0.2, 0.25) is 10.0 Å². The normalized spacial score (nSPS) is 11.8. The standard InChI is InChI=1S/C33H29Cl2N3O4/c1-19-31(26-15-27(34)18-28(35)16-26)37-38(32(19)25-9-8-24-17-29(42-3)11-10-23(24)14-25)20(2)21-4-6-22(7-5-21)33(41)36-13-12-30(39)40/h4-11,14-18,20H,12-13H2,1-3H3,(H,36,41)(H,39,40). The number of hydrogen-bond donors (Lipinski definition) is 2. The van der Waals surface area contributed by atoms with Crippen LogP contribution in [-0.4, -0.2) is 40.4 Å². The number of amides is 1. The second-order valence-corrected chi connectivity index (χ2v) is 10.9. The number of nitrogens with zero attached hydrogens (tertiary/aromatic N) is 2. The van der Waals surface area contributed by atoms with Crippen LogP contribution in [0.25, 0.3) is 33.3 Å². The molecule has 42 heavy (non-hydrogen) atoms. The highest BCUT2D eigenvalue weighted by Crippen LogP contribution is 2.38. The Kier molecular flexibility index (Phi) is 8.52. The monoisotopic (exact) mass is 601 g/mol. The van der Waals surface area contributed by atoms with Crippen molar-refractivity contribution in [1.82, 2.24) is 15.1 Å². The fourth-order valence-electron chi connectivity index (χ4n) is 5.05. The molecule has 0 aliphatic rings. The molecular formula is C33H29Cl2N3O4. The van der Waals surface area contributed by atoms with Crippen LogP contribution in [0.3, 0.4) is 0 Å². The summed E-state index contributed by atoms with van der Waals surface area (Å²) >= 11 is 12.7. The molecule has 0 fully saturated rings. The number of halogens is 2. The summed E-state index contributed by atoms with van der Waals surface area (Å²) < 4.78 is 7.39. The van der Waals surface area contributed by atoms with E-state index in [2.05, 4.69) is 30.4 Å². The Morgan fingerprint density at radius 1 is 0.929 bits per heavy atom. The van der Waals surface area contributed by atoms with Gasteiger partial charge < -0.3 is 15.2 Å². The highest BCUT2D eigenvalue weighted by atomic mass is 35.5. The van der Waals surface area contributed by atoms with E-state index in [-0.39, 0.29) is 24.9 Å². The molecule has 0 saturated heterocycles. The summed E-state index contributed by atoms with van der Waals surface area (Å²) in [6.45, 7) is 4.16. The Labute approximate surface area is 253 Å². The van der Waals surface area contributed by atoms with Crippen molar-refractivity contribution in [2.45, 2.75) is 26.3 Å². The molecule has 1 aromatic heterocycles. The molecule has 1 atom stereocenters. The number of rotatable bonds is 9. The lowest BCUT2D eigenvalue weighted by Gasteiger charge is -2.18. The first kappa shape index (κ1) is 29.2. The van der Waals surface area contributed by atoms with Crippen molar-refractivity contribution in [1.29, 1.82) is 0 Å². The number of carbonyl (C=O) groups excluding carboxylic acids is 1. The summed E-state index contributed by atoms with van der Waals surface area (Å²) in [4.78, 5) is 23.2. The molecule has 1 unspecified atom stereocenters. The van der Waals surface area contributed by atoms with Gasteiger partial charge in [0.25, 0.3) is 5.91 Å². The zero-order valence-electron chi connectivity index (χ0n) is 23.3. The van der Waals surface area contributed by atoms with Gasteiger partial charge in [-0.3, -0.25) is 14.3 Å². The molecule has 214 valence electrons. The van der Waals surface area contributed by atoms with E-state index in [1.807, 2.05) is 54.1 Å². The van der Waals surface area contributed by atoms with Crippen LogP contribution in [0.4, 0.5) is 0 Å². The molecule has 5 rings (SSSR count). The number of carboxylic acids is 1. The zero-order chi connectivity index (χ0) is 30.0. The van der Waals surface area contributed by atoms with Crippen molar-refractivity contribution >= 4 is 45.9 Å². The molecule has 4 aromatic carbocycles. The Morgan fingerprint density at radius 3 is 2.26 bits per heavy atom. The summed E-state index contributed by atoms with van der Waals surface area (Å²) in [6, 6.07) is 24.7. The minimum absolute atomic E-state index is 0.0665. The minimum atomic E-state index is -0.963. The van der Waals surface area contributed by atoms with Crippen LogP contribution in [-0.2, 0) is 4.79 Å². The van der Waals surface area contributed by atoms with Crippen molar-refractivity contribution in [2.75, 3.05) is 13.7 Å². The molecule has 5 aromatic rings. The van der Waals surface area contributed by atoms with Crippen LogP contribution in [0.5, 0.6) is 5.75 Å². The van der Waals surface area contributed by atoms with Gasteiger partial charge in [-0.15, -0.1) is 0 Å². The third-order valence-corrected chi connectivity index (χ3v) is 7.69. The van der Waals surface area contributed by atoms with Gasteiger partial charge in [-0.1, -0.05) is 53.5 Å². The zero-order valence-corrected chi connectivity index (χ0v) is 24.8. The van der Waals surface area contributed by atoms with Gasteiger partial charge in [-0.05, 0) is 78.7 Å². The number of methoxy groups -OCH3 is 1. The number of hydrogen-bond acceptors (Lipinski definition) is 4. The van der Waals surface area contributed by atoms with Crippen molar-refractivity contribution in [3.63, 3.8) is 0 Å². The summed E-state index contributed by atoms with van der Waals surface area (Å²) in [7, 11) is 1.65. The molecule has 1 amide bonds. The van der Waals surface area contributed by atoms with Gasteiger partial charge in [0, 0.05) is 38.8 Å². The maximum atomic E-state index is 12.5. The molecule has 7 nitrogen and oxygen atoms in total. The highest BCUT2D eigenvalue weighted by molar-refractivity contribution is 6.35. The largest absolute Gasteiger partial charge is 0.497 e. The van der Waals surface area contributed by atoms with E-state index in [4.69, 9.17) is 38.1 Å². The highest BCUT2D eigenvalue weighted by Gasteiger charge is 2.23. The Bertz CT molecular complexity index is 1780. The molecule has 0 spiro atoms. The van der Waals surface area contributed by atoms with Crippen LogP contribution >= 0.6 is 23.2 Å². The molecule has 1 heterocycles. The van der Waals surface area contributed by atoms with Crippen LogP contribution in [0, 0.1) is 6.92 Å². The van der Waals surface area contributed by atoms with E-state index in [0.717, 1.165) is 50.2 Å². The maximum absolute atomic E-state index is 12.5. The number of ether oxygens (including phenoxy) is 1. The number of benzene rings is 4.